The lowest BCUT2D eigenvalue weighted by Gasteiger charge is -2.36. The van der Waals surface area contributed by atoms with Gasteiger partial charge < -0.3 is 9.64 Å². The maximum absolute atomic E-state index is 14.0. The monoisotopic (exact) mass is 415 g/mol. The fraction of sp³-hybridized carbons (Fsp3) is 0.294. The molecule has 1 aliphatic rings. The Balaban J connectivity index is 2.05. The second-order valence-corrected chi connectivity index (χ2v) is 8.13. The Kier molecular flexibility index (Phi) is 5.31. The van der Waals surface area contributed by atoms with Crippen LogP contribution in [-0.2, 0) is 26.1 Å². The van der Waals surface area contributed by atoms with Gasteiger partial charge >= 0.3 is 5.97 Å². The summed E-state index contributed by atoms with van der Waals surface area (Å²) in [5, 5.41) is 0. The number of anilines is 1. The molecule has 0 atom stereocenters. The van der Waals surface area contributed by atoms with Gasteiger partial charge in [0.1, 0.15) is 23.1 Å². The van der Waals surface area contributed by atoms with E-state index in [-0.39, 0.29) is 29.5 Å². The summed E-state index contributed by atoms with van der Waals surface area (Å²) in [5.74, 6) is -4.33. The van der Waals surface area contributed by atoms with Crippen molar-refractivity contribution in [3.8, 4) is 0 Å². The third kappa shape index (κ3) is 3.67. The number of halogens is 3. The highest BCUT2D eigenvalue weighted by molar-refractivity contribution is 7.89. The molecule has 1 aromatic heterocycles. The Bertz CT molecular complexity index is 1050. The van der Waals surface area contributed by atoms with Gasteiger partial charge in [0.15, 0.2) is 11.6 Å². The number of nitrogens with zero attached hydrogens (tertiary/aromatic N) is 3. The highest BCUT2D eigenvalue weighted by Crippen LogP contribution is 2.33. The standard InChI is InChI=1S/C17H16F3N3O4S/c1-10-3-15-17(21-6-10)22(8-16(24)27-2)9-23(28(15,25)26)7-11-4-13(19)14(20)5-12(11)18/h3-6H,7-9H2,1-2H3. The molecule has 0 bridgehead atoms. The zero-order chi connectivity index (χ0) is 20.6. The summed E-state index contributed by atoms with van der Waals surface area (Å²) in [4.78, 5) is 17.0. The summed E-state index contributed by atoms with van der Waals surface area (Å²) in [7, 11) is -2.94. The molecule has 0 aliphatic carbocycles. The molecule has 0 saturated heterocycles. The molecule has 11 heteroatoms. The van der Waals surface area contributed by atoms with Crippen LogP contribution in [0.15, 0.2) is 29.3 Å². The van der Waals surface area contributed by atoms with E-state index >= 15 is 0 Å². The fourth-order valence-corrected chi connectivity index (χ4v) is 4.42. The van der Waals surface area contributed by atoms with E-state index in [4.69, 9.17) is 0 Å². The van der Waals surface area contributed by atoms with Gasteiger partial charge in [-0.25, -0.2) is 26.6 Å². The smallest absolute Gasteiger partial charge is 0.325 e. The average molecular weight is 415 g/mol. The number of carbonyl (C=O) groups excluding carboxylic acids is 1. The first-order valence-electron chi connectivity index (χ1n) is 8.05. The number of aromatic nitrogens is 1. The minimum absolute atomic E-state index is 0.0537. The summed E-state index contributed by atoms with van der Waals surface area (Å²) in [6, 6.07) is 2.33. The lowest BCUT2D eigenvalue weighted by atomic mass is 10.2. The number of sulfonamides is 1. The third-order valence-corrected chi connectivity index (χ3v) is 5.98. The second-order valence-electron chi connectivity index (χ2n) is 6.22. The van der Waals surface area contributed by atoms with Crippen molar-refractivity contribution in [3.05, 3.63) is 53.0 Å². The van der Waals surface area contributed by atoms with Gasteiger partial charge in [0.25, 0.3) is 0 Å². The van der Waals surface area contributed by atoms with E-state index in [0.717, 1.165) is 4.31 Å². The van der Waals surface area contributed by atoms with Crippen molar-refractivity contribution in [2.45, 2.75) is 18.4 Å². The number of pyridine rings is 1. The van der Waals surface area contributed by atoms with Gasteiger partial charge in [0.05, 0.1) is 13.8 Å². The molecular weight excluding hydrogens is 399 g/mol. The van der Waals surface area contributed by atoms with Crippen molar-refractivity contribution >= 4 is 21.8 Å². The van der Waals surface area contributed by atoms with E-state index in [1.165, 1.54) is 24.3 Å². The van der Waals surface area contributed by atoms with Crippen LogP contribution in [0.3, 0.4) is 0 Å². The number of methoxy groups -OCH3 is 1. The van der Waals surface area contributed by atoms with Gasteiger partial charge in [-0.3, -0.25) is 4.79 Å². The quantitative estimate of drug-likeness (QED) is 0.561. The highest BCUT2D eigenvalue weighted by atomic mass is 32.2. The van der Waals surface area contributed by atoms with Crippen molar-refractivity contribution in [2.24, 2.45) is 0 Å². The minimum atomic E-state index is -4.12. The Hall–Kier alpha value is -2.66. The minimum Gasteiger partial charge on any atom is -0.468 e. The van der Waals surface area contributed by atoms with Crippen molar-refractivity contribution in [1.29, 1.82) is 0 Å². The molecule has 0 fully saturated rings. The molecule has 2 aromatic rings. The topological polar surface area (TPSA) is 79.8 Å². The molecule has 2 heterocycles. The number of ether oxygens (including phenoxy) is 1. The number of carbonyl (C=O) groups is 1. The summed E-state index contributed by atoms with van der Waals surface area (Å²) in [5.41, 5.74) is 0.214. The van der Waals surface area contributed by atoms with Crippen LogP contribution >= 0.6 is 0 Å². The van der Waals surface area contributed by atoms with Crippen LogP contribution in [0.5, 0.6) is 0 Å². The Morgan fingerprint density at radius 1 is 1.18 bits per heavy atom. The van der Waals surface area contributed by atoms with Gasteiger partial charge in [-0.1, -0.05) is 0 Å². The van der Waals surface area contributed by atoms with E-state index < -0.39 is 40.0 Å². The van der Waals surface area contributed by atoms with Crippen molar-refractivity contribution < 1.29 is 31.1 Å². The Morgan fingerprint density at radius 2 is 1.86 bits per heavy atom. The van der Waals surface area contributed by atoms with Crippen molar-refractivity contribution in [1.82, 2.24) is 9.29 Å². The first-order valence-corrected chi connectivity index (χ1v) is 9.49. The highest BCUT2D eigenvalue weighted by Gasteiger charge is 2.38. The molecule has 0 unspecified atom stereocenters. The zero-order valence-corrected chi connectivity index (χ0v) is 15.8. The number of hydrogen-bond donors (Lipinski definition) is 0. The maximum atomic E-state index is 14.0. The fourth-order valence-electron chi connectivity index (χ4n) is 2.79. The van der Waals surface area contributed by atoms with Gasteiger partial charge in [-0.2, -0.15) is 4.31 Å². The molecule has 0 N–H and O–H groups in total. The summed E-state index contributed by atoms with van der Waals surface area (Å²) in [6.07, 6.45) is 1.45. The van der Waals surface area contributed by atoms with Gasteiger partial charge in [-0.05, 0) is 24.6 Å². The van der Waals surface area contributed by atoms with Crippen molar-refractivity contribution in [3.63, 3.8) is 0 Å². The molecule has 28 heavy (non-hydrogen) atoms. The van der Waals surface area contributed by atoms with E-state index in [1.807, 2.05) is 0 Å². The first-order chi connectivity index (χ1) is 13.1. The molecule has 0 amide bonds. The first kappa shape index (κ1) is 20.1. The normalized spacial score (nSPS) is 16.0. The summed E-state index contributed by atoms with van der Waals surface area (Å²) in [6.45, 7) is 0.433. The van der Waals surface area contributed by atoms with Crippen LogP contribution in [-0.4, -0.2) is 44.0 Å². The Labute approximate surface area is 159 Å². The Morgan fingerprint density at radius 3 is 2.54 bits per heavy atom. The molecule has 150 valence electrons. The van der Waals surface area contributed by atoms with E-state index in [1.54, 1.807) is 6.92 Å². The molecular formula is C17H16F3N3O4S. The van der Waals surface area contributed by atoms with Gasteiger partial charge in [-0.15, -0.1) is 0 Å². The molecule has 0 radical (unpaired) electrons. The lowest BCUT2D eigenvalue weighted by Crippen LogP contribution is -2.48. The molecule has 7 nitrogen and oxygen atoms in total. The summed E-state index contributed by atoms with van der Waals surface area (Å²) < 4.78 is 72.1. The third-order valence-electron chi connectivity index (χ3n) is 4.20. The zero-order valence-electron chi connectivity index (χ0n) is 14.9. The predicted molar refractivity (Wildman–Crippen MR) is 92.2 cm³/mol. The predicted octanol–water partition coefficient (Wildman–Crippen LogP) is 1.95. The SMILES string of the molecule is COC(=O)CN1CN(Cc2cc(F)c(F)cc2F)S(=O)(=O)c2cc(C)cnc21. The summed E-state index contributed by atoms with van der Waals surface area (Å²) >= 11 is 0. The van der Waals surface area contributed by atoms with E-state index in [0.29, 0.717) is 17.7 Å². The van der Waals surface area contributed by atoms with Crippen LogP contribution in [0.4, 0.5) is 19.0 Å². The van der Waals surface area contributed by atoms with Crippen LogP contribution in [0.2, 0.25) is 0 Å². The van der Waals surface area contributed by atoms with Crippen LogP contribution in [0, 0.1) is 24.4 Å². The van der Waals surface area contributed by atoms with Crippen molar-refractivity contribution in [2.75, 3.05) is 25.2 Å². The molecule has 0 spiro atoms. The largest absolute Gasteiger partial charge is 0.468 e. The van der Waals surface area contributed by atoms with Crippen LogP contribution < -0.4 is 4.90 Å². The van der Waals surface area contributed by atoms with Crippen LogP contribution in [0.25, 0.3) is 0 Å². The average Bonchev–Trinajstić information content (AvgIpc) is 2.63. The molecule has 3 rings (SSSR count). The maximum Gasteiger partial charge on any atom is 0.325 e. The van der Waals surface area contributed by atoms with Crippen LogP contribution in [0.1, 0.15) is 11.1 Å². The van der Waals surface area contributed by atoms with E-state index in [2.05, 4.69) is 9.72 Å². The number of benzene rings is 1. The molecule has 1 aromatic carbocycles. The molecule has 1 aliphatic heterocycles. The van der Waals surface area contributed by atoms with Gasteiger partial charge in [0.2, 0.25) is 10.0 Å². The number of rotatable bonds is 4. The van der Waals surface area contributed by atoms with Gasteiger partial charge in [0, 0.05) is 24.4 Å². The number of fused-ring (bicyclic) bond motifs is 1. The number of hydrogen-bond acceptors (Lipinski definition) is 6. The van der Waals surface area contributed by atoms with E-state index in [9.17, 15) is 26.4 Å². The number of aryl methyl sites for hydroxylation is 1. The number of esters is 1. The lowest BCUT2D eigenvalue weighted by molar-refractivity contribution is -0.139. The molecule has 0 saturated carbocycles. The second kappa shape index (κ2) is 7.40.